The van der Waals surface area contributed by atoms with Gasteiger partial charge in [-0.15, -0.1) is 0 Å². The predicted octanol–water partition coefficient (Wildman–Crippen LogP) is 5.46. The Bertz CT molecular complexity index is 1450. The first-order chi connectivity index (χ1) is 19.3. The molecule has 0 aliphatic carbocycles. The maximum Gasteiger partial charge on any atom is 0.435 e. The van der Waals surface area contributed by atoms with E-state index in [0.717, 1.165) is 41.3 Å². The van der Waals surface area contributed by atoms with Crippen molar-refractivity contribution in [1.29, 1.82) is 0 Å². The Hall–Kier alpha value is -3.99. The fraction of sp³-hybridized carbons (Fsp3) is 0.267. The number of nitrogens with two attached hydrogens (primary N) is 1. The number of anilines is 1. The molecule has 0 spiro atoms. The molecule has 0 saturated carbocycles. The highest BCUT2D eigenvalue weighted by Gasteiger charge is 2.36. The maximum absolute atomic E-state index is 13.6. The smallest absolute Gasteiger partial charge is 0.377 e. The second-order valence-electron chi connectivity index (χ2n) is 9.66. The van der Waals surface area contributed by atoms with E-state index in [-0.39, 0.29) is 24.4 Å². The maximum atomic E-state index is 13.6. The molecule has 1 amide bonds. The molecule has 0 radical (unpaired) electrons. The first-order valence-electron chi connectivity index (χ1n) is 13.1. The van der Waals surface area contributed by atoms with Gasteiger partial charge in [0.1, 0.15) is 5.69 Å². The van der Waals surface area contributed by atoms with Crippen molar-refractivity contribution < 1.29 is 22.7 Å². The SMILES string of the molecule is NCc1cccc(-n2nc(C(F)(F)F)cc2C(=O)Nc2cccc(C(NCC3CCCO3)c3ccccc3)c2)c1. The molecule has 5 rings (SSSR count). The third kappa shape index (κ3) is 6.41. The van der Waals surface area contributed by atoms with E-state index in [1.807, 2.05) is 42.5 Å². The summed E-state index contributed by atoms with van der Waals surface area (Å²) in [7, 11) is 0. The molecule has 40 heavy (non-hydrogen) atoms. The summed E-state index contributed by atoms with van der Waals surface area (Å²) in [5.41, 5.74) is 7.68. The van der Waals surface area contributed by atoms with Gasteiger partial charge in [-0.25, -0.2) is 4.68 Å². The molecular weight excluding hydrogens is 519 g/mol. The number of aromatic nitrogens is 2. The van der Waals surface area contributed by atoms with Gasteiger partial charge in [-0.2, -0.15) is 18.3 Å². The van der Waals surface area contributed by atoms with Crippen LogP contribution >= 0.6 is 0 Å². The number of rotatable bonds is 9. The molecule has 2 heterocycles. The van der Waals surface area contributed by atoms with Crippen LogP contribution in [0.4, 0.5) is 18.9 Å². The summed E-state index contributed by atoms with van der Waals surface area (Å²) in [5.74, 6) is -0.720. The average Bonchev–Trinajstić information content (AvgIpc) is 3.65. The van der Waals surface area contributed by atoms with Gasteiger partial charge < -0.3 is 21.1 Å². The summed E-state index contributed by atoms with van der Waals surface area (Å²) in [6, 6.07) is 24.3. The molecule has 7 nitrogen and oxygen atoms in total. The average molecular weight is 550 g/mol. The van der Waals surface area contributed by atoms with Gasteiger partial charge in [0.25, 0.3) is 5.91 Å². The molecule has 3 aromatic carbocycles. The highest BCUT2D eigenvalue weighted by atomic mass is 19.4. The van der Waals surface area contributed by atoms with Crippen molar-refractivity contribution in [3.8, 4) is 5.69 Å². The van der Waals surface area contributed by atoms with Gasteiger partial charge in [0.2, 0.25) is 0 Å². The summed E-state index contributed by atoms with van der Waals surface area (Å²) in [4.78, 5) is 13.4. The number of nitrogens with zero attached hydrogens (tertiary/aromatic N) is 2. The second-order valence-corrected chi connectivity index (χ2v) is 9.66. The van der Waals surface area contributed by atoms with Gasteiger partial charge in [0.05, 0.1) is 17.8 Å². The number of ether oxygens (including phenoxy) is 1. The van der Waals surface area contributed by atoms with Gasteiger partial charge in [-0.1, -0.05) is 54.6 Å². The molecule has 1 aromatic heterocycles. The number of halogens is 3. The van der Waals surface area contributed by atoms with Crippen LogP contribution in [0.25, 0.3) is 5.69 Å². The highest BCUT2D eigenvalue weighted by Crippen LogP contribution is 2.30. The van der Waals surface area contributed by atoms with Gasteiger partial charge >= 0.3 is 6.18 Å². The van der Waals surface area contributed by atoms with Crippen molar-refractivity contribution >= 4 is 11.6 Å². The number of alkyl halides is 3. The van der Waals surface area contributed by atoms with Crippen LogP contribution in [0.5, 0.6) is 0 Å². The van der Waals surface area contributed by atoms with Crippen LogP contribution in [-0.4, -0.2) is 34.9 Å². The van der Waals surface area contributed by atoms with E-state index in [0.29, 0.717) is 23.5 Å². The van der Waals surface area contributed by atoms with Gasteiger partial charge in [0, 0.05) is 31.5 Å². The van der Waals surface area contributed by atoms with Gasteiger partial charge in [0.15, 0.2) is 5.69 Å². The first kappa shape index (κ1) is 27.6. The van der Waals surface area contributed by atoms with Crippen LogP contribution in [-0.2, 0) is 17.5 Å². The van der Waals surface area contributed by atoms with Crippen LogP contribution in [0.1, 0.15) is 51.8 Å². The molecular formula is C30H30F3N5O2. The number of benzene rings is 3. The highest BCUT2D eigenvalue weighted by molar-refractivity contribution is 6.03. The van der Waals surface area contributed by atoms with Crippen LogP contribution in [0.2, 0.25) is 0 Å². The lowest BCUT2D eigenvalue weighted by molar-refractivity contribution is -0.141. The molecule has 0 bridgehead atoms. The molecule has 10 heteroatoms. The van der Waals surface area contributed by atoms with E-state index in [4.69, 9.17) is 10.5 Å². The number of carbonyl (C=O) groups excluding carboxylic acids is 1. The van der Waals surface area contributed by atoms with Crippen LogP contribution < -0.4 is 16.4 Å². The zero-order valence-corrected chi connectivity index (χ0v) is 21.7. The molecule has 1 saturated heterocycles. The fourth-order valence-corrected chi connectivity index (χ4v) is 4.81. The lowest BCUT2D eigenvalue weighted by Gasteiger charge is -2.22. The Labute approximate surface area is 230 Å². The number of nitrogens with one attached hydrogen (secondary N) is 2. The lowest BCUT2D eigenvalue weighted by Crippen LogP contribution is -2.30. The molecule has 4 aromatic rings. The predicted molar refractivity (Wildman–Crippen MR) is 146 cm³/mol. The molecule has 4 N–H and O–H groups in total. The van der Waals surface area contributed by atoms with Crippen LogP contribution in [0.3, 0.4) is 0 Å². The Balaban J connectivity index is 1.43. The molecule has 2 unspecified atom stereocenters. The monoisotopic (exact) mass is 549 g/mol. The largest absolute Gasteiger partial charge is 0.435 e. The van der Waals surface area contributed by atoms with Crippen molar-refractivity contribution in [2.75, 3.05) is 18.5 Å². The summed E-state index contributed by atoms with van der Waals surface area (Å²) < 4.78 is 47.5. The van der Waals surface area contributed by atoms with Crippen molar-refractivity contribution in [2.45, 2.75) is 37.7 Å². The van der Waals surface area contributed by atoms with Gasteiger partial charge in [-0.05, 0) is 53.8 Å². The lowest BCUT2D eigenvalue weighted by atomic mass is 9.98. The summed E-state index contributed by atoms with van der Waals surface area (Å²) in [6.45, 7) is 1.61. The zero-order valence-electron chi connectivity index (χ0n) is 21.7. The van der Waals surface area contributed by atoms with Crippen molar-refractivity contribution in [1.82, 2.24) is 15.1 Å². The number of carbonyl (C=O) groups is 1. The quantitative estimate of drug-likeness (QED) is 0.258. The van der Waals surface area contributed by atoms with E-state index < -0.39 is 17.8 Å². The molecule has 208 valence electrons. The summed E-state index contributed by atoms with van der Waals surface area (Å²) >= 11 is 0. The van der Waals surface area contributed by atoms with E-state index in [1.54, 1.807) is 36.4 Å². The third-order valence-electron chi connectivity index (χ3n) is 6.81. The Morgan fingerprint density at radius 3 is 2.52 bits per heavy atom. The minimum atomic E-state index is -4.72. The standard InChI is InChI=1S/C30H30F3N5O2/c31-30(32,33)27-17-26(38(37-27)24-12-4-7-20(15-24)18-34)29(39)36-23-11-5-10-22(16-23)28(21-8-2-1-3-9-21)35-19-25-13-6-14-40-25/h1-5,7-12,15-17,25,28,35H,6,13-14,18-19,34H2,(H,36,39). The van der Waals surface area contributed by atoms with Crippen LogP contribution in [0.15, 0.2) is 84.9 Å². The molecule has 1 aliphatic rings. The zero-order chi connectivity index (χ0) is 28.1. The first-order valence-corrected chi connectivity index (χ1v) is 13.1. The van der Waals surface area contributed by atoms with E-state index in [2.05, 4.69) is 15.7 Å². The third-order valence-corrected chi connectivity index (χ3v) is 6.81. The normalized spacial score (nSPS) is 16.1. The second kappa shape index (κ2) is 12.0. The number of hydrogen-bond donors (Lipinski definition) is 3. The number of hydrogen-bond acceptors (Lipinski definition) is 5. The van der Waals surface area contributed by atoms with E-state index in [1.165, 1.54) is 0 Å². The Morgan fingerprint density at radius 1 is 1.02 bits per heavy atom. The molecule has 1 fully saturated rings. The Kier molecular flexibility index (Phi) is 8.29. The van der Waals surface area contributed by atoms with Crippen molar-refractivity contribution in [2.24, 2.45) is 5.73 Å². The number of amides is 1. The van der Waals surface area contributed by atoms with E-state index >= 15 is 0 Å². The van der Waals surface area contributed by atoms with E-state index in [9.17, 15) is 18.0 Å². The molecule has 1 aliphatic heterocycles. The minimum absolute atomic E-state index is 0.134. The minimum Gasteiger partial charge on any atom is -0.377 e. The van der Waals surface area contributed by atoms with Crippen molar-refractivity contribution in [3.63, 3.8) is 0 Å². The fourth-order valence-electron chi connectivity index (χ4n) is 4.81. The summed E-state index contributed by atoms with van der Waals surface area (Å²) in [6.07, 6.45) is -2.56. The summed E-state index contributed by atoms with van der Waals surface area (Å²) in [5, 5.41) is 10.0. The topological polar surface area (TPSA) is 94.2 Å². The Morgan fingerprint density at radius 2 is 1.80 bits per heavy atom. The molecule has 2 atom stereocenters. The van der Waals surface area contributed by atoms with Crippen molar-refractivity contribution in [3.05, 3.63) is 113 Å². The van der Waals surface area contributed by atoms with Gasteiger partial charge in [-0.3, -0.25) is 4.79 Å². The van der Waals surface area contributed by atoms with Crippen LogP contribution in [0, 0.1) is 0 Å².